The van der Waals surface area contributed by atoms with Crippen molar-refractivity contribution in [3.63, 3.8) is 0 Å². The van der Waals surface area contributed by atoms with Gasteiger partial charge in [-0.05, 0) is 50.7 Å². The Morgan fingerprint density at radius 3 is 2.24 bits per heavy atom. The fourth-order valence-corrected chi connectivity index (χ4v) is 6.50. The fourth-order valence-electron chi connectivity index (χ4n) is 6.50. The number of benzene rings is 1. The van der Waals surface area contributed by atoms with Crippen LogP contribution in [0.1, 0.15) is 69.6 Å². The van der Waals surface area contributed by atoms with E-state index in [2.05, 4.69) is 6.92 Å². The van der Waals surface area contributed by atoms with Crippen molar-refractivity contribution in [3.05, 3.63) is 96.2 Å². The van der Waals surface area contributed by atoms with Crippen LogP contribution >= 0.6 is 0 Å². The van der Waals surface area contributed by atoms with Crippen LogP contribution in [-0.2, 0) is 39.7 Å². The lowest BCUT2D eigenvalue weighted by molar-refractivity contribution is -0.342. The van der Waals surface area contributed by atoms with Crippen molar-refractivity contribution >= 4 is 11.9 Å². The summed E-state index contributed by atoms with van der Waals surface area (Å²) in [5.74, 6) is -2.63. The lowest BCUT2D eigenvalue weighted by Crippen LogP contribution is -2.63. The number of phenols is 2. The summed E-state index contributed by atoms with van der Waals surface area (Å²) in [6.45, 7) is 2.40. The molecule has 16 heteroatoms. The first-order valence-electron chi connectivity index (χ1n) is 19.8. The molecule has 9 N–H and O–H groups in total. The molecule has 0 amide bonds. The van der Waals surface area contributed by atoms with Gasteiger partial charge in [-0.3, -0.25) is 0 Å². The average molecular weight is 833 g/mol. The predicted molar refractivity (Wildman–Crippen MR) is 214 cm³/mol. The Morgan fingerprint density at radius 1 is 0.814 bits per heavy atom. The summed E-state index contributed by atoms with van der Waals surface area (Å²) >= 11 is 0. The third kappa shape index (κ3) is 15.4. The highest BCUT2D eigenvalue weighted by molar-refractivity contribution is 5.82. The van der Waals surface area contributed by atoms with Crippen molar-refractivity contribution in [1.29, 1.82) is 0 Å². The minimum Gasteiger partial charge on any atom is -0.508 e. The number of hydrogen-bond donors (Lipinski definition) is 9. The number of hydrogen-bond acceptors (Lipinski definition) is 16. The number of carbonyl (C=O) groups is 2. The van der Waals surface area contributed by atoms with E-state index in [9.17, 15) is 55.5 Å². The molecule has 0 saturated carbocycles. The van der Waals surface area contributed by atoms with Crippen LogP contribution in [0.5, 0.6) is 11.5 Å². The maximum absolute atomic E-state index is 13.3. The van der Waals surface area contributed by atoms with Gasteiger partial charge >= 0.3 is 11.9 Å². The molecular formula is C43H60O16. The van der Waals surface area contributed by atoms with Crippen molar-refractivity contribution in [2.75, 3.05) is 19.8 Å². The van der Waals surface area contributed by atoms with E-state index in [0.717, 1.165) is 43.9 Å². The number of carbonyl (C=O) groups excluding carboxylic acids is 2. The quantitative estimate of drug-likeness (QED) is 0.0351. The van der Waals surface area contributed by atoms with Crippen LogP contribution in [0.2, 0.25) is 0 Å². The number of allylic oxidation sites excluding steroid dienone is 8. The number of unbranched alkanes of at least 4 members (excludes halogenated alkanes) is 3. The maximum atomic E-state index is 13.3. The summed E-state index contributed by atoms with van der Waals surface area (Å²) in [4.78, 5) is 25.7. The second-order valence-corrected chi connectivity index (χ2v) is 14.0. The van der Waals surface area contributed by atoms with E-state index in [1.165, 1.54) is 24.3 Å². The van der Waals surface area contributed by atoms with E-state index in [0.29, 0.717) is 0 Å². The Balaban J connectivity index is 1.89. The predicted octanol–water partition coefficient (Wildman–Crippen LogP) is 2.15. The summed E-state index contributed by atoms with van der Waals surface area (Å²) in [6, 6.07) is 2.24. The first-order valence-corrected chi connectivity index (χ1v) is 19.8. The molecule has 11 unspecified atom stereocenters. The van der Waals surface area contributed by atoms with Crippen LogP contribution in [0, 0.1) is 0 Å². The number of ether oxygens (including phenoxy) is 5. The SMILES string of the molecule is CC=CC=CC(O)CC=CC=CC(=O)OC1C(O)C(c2c(O)cc(O)cc2CCO)OC(CCO)C1OC1OC(COC(=O)C=CC=CCCCCC)C(O)C(O)C1O. The molecule has 2 aliphatic rings. The largest absolute Gasteiger partial charge is 0.508 e. The fraction of sp³-hybridized carbons (Fsp3) is 0.535. The number of phenolic OH excluding ortho intramolecular Hbond substituents is 2. The Labute approximate surface area is 344 Å². The maximum Gasteiger partial charge on any atom is 0.331 e. The molecule has 59 heavy (non-hydrogen) atoms. The molecule has 2 heterocycles. The van der Waals surface area contributed by atoms with E-state index < -0.39 is 105 Å². The Bertz CT molecular complexity index is 1620. The van der Waals surface area contributed by atoms with E-state index >= 15 is 0 Å². The molecule has 328 valence electrons. The van der Waals surface area contributed by atoms with Gasteiger partial charge in [-0.15, -0.1) is 0 Å². The van der Waals surface area contributed by atoms with Gasteiger partial charge in [0, 0.05) is 37.0 Å². The number of aliphatic hydroxyl groups excluding tert-OH is 7. The molecule has 11 atom stereocenters. The normalized spacial score (nSPS) is 28.5. The van der Waals surface area contributed by atoms with Crippen LogP contribution in [0.3, 0.4) is 0 Å². The lowest BCUT2D eigenvalue weighted by atomic mass is 9.86. The first kappa shape index (κ1) is 49.2. The minimum atomic E-state index is -1.93. The highest BCUT2D eigenvalue weighted by Gasteiger charge is 2.53. The summed E-state index contributed by atoms with van der Waals surface area (Å²) in [6.07, 6.45) is 5.02. The zero-order valence-electron chi connectivity index (χ0n) is 33.4. The molecule has 2 saturated heterocycles. The van der Waals surface area contributed by atoms with E-state index in [-0.39, 0.29) is 36.1 Å². The van der Waals surface area contributed by atoms with Crippen molar-refractivity contribution in [2.45, 2.75) is 126 Å². The molecule has 2 aliphatic heterocycles. The Hall–Kier alpha value is -4.20. The molecule has 0 bridgehead atoms. The van der Waals surface area contributed by atoms with E-state index in [1.54, 1.807) is 36.5 Å². The third-order valence-electron chi connectivity index (χ3n) is 9.52. The molecular weight excluding hydrogens is 772 g/mol. The summed E-state index contributed by atoms with van der Waals surface area (Å²) in [5.41, 5.74) is 0.134. The van der Waals surface area contributed by atoms with Crippen molar-refractivity contribution in [1.82, 2.24) is 0 Å². The van der Waals surface area contributed by atoms with Gasteiger partial charge < -0.3 is 69.6 Å². The van der Waals surface area contributed by atoms with Gasteiger partial charge in [-0.25, -0.2) is 9.59 Å². The van der Waals surface area contributed by atoms with Crippen molar-refractivity contribution < 1.29 is 79.2 Å². The first-order chi connectivity index (χ1) is 28.4. The van der Waals surface area contributed by atoms with Crippen molar-refractivity contribution in [3.8, 4) is 11.5 Å². The number of aliphatic hydroxyl groups is 7. The van der Waals surface area contributed by atoms with Gasteiger partial charge in [-0.2, -0.15) is 0 Å². The molecule has 0 spiro atoms. The summed E-state index contributed by atoms with van der Waals surface area (Å²) < 4.78 is 29.0. The second kappa shape index (κ2) is 26.1. The average Bonchev–Trinajstić information content (AvgIpc) is 3.19. The highest BCUT2D eigenvalue weighted by atomic mass is 16.7. The molecule has 1 aromatic carbocycles. The molecule has 0 radical (unpaired) electrons. The van der Waals surface area contributed by atoms with Crippen LogP contribution in [0.15, 0.2) is 85.0 Å². The monoisotopic (exact) mass is 832 g/mol. The number of esters is 2. The van der Waals surface area contributed by atoms with Gasteiger partial charge in [0.1, 0.15) is 60.8 Å². The zero-order valence-corrected chi connectivity index (χ0v) is 33.4. The Kier molecular flexibility index (Phi) is 21.8. The molecule has 0 aliphatic carbocycles. The third-order valence-corrected chi connectivity index (χ3v) is 9.52. The lowest BCUT2D eigenvalue weighted by Gasteiger charge is -2.47. The van der Waals surface area contributed by atoms with Crippen LogP contribution in [0.4, 0.5) is 0 Å². The summed E-state index contributed by atoms with van der Waals surface area (Å²) in [5, 5.41) is 95.3. The molecule has 1 aromatic rings. The van der Waals surface area contributed by atoms with Gasteiger partial charge in [0.15, 0.2) is 12.4 Å². The standard InChI is InChI=1S/C43H60O16/c1-3-5-7-8-9-10-14-18-33(49)55-26-32-36(51)37(52)38(53)43(57-32)59-40-31(21-23-45)56-41(35-27(20-22-44)24-29(47)25-30(35)48)39(54)42(40)58-34(50)19-15-11-13-17-28(46)16-12-6-4-2/h4,6,9-16,18-19,24-25,28,31-32,36-48,51-54H,3,5,7-8,17,20-23,26H2,1-2H3. The Morgan fingerprint density at radius 2 is 1.54 bits per heavy atom. The number of aromatic hydroxyl groups is 2. The minimum absolute atomic E-state index is 0.0530. The van der Waals surface area contributed by atoms with Gasteiger partial charge in [0.25, 0.3) is 0 Å². The zero-order chi connectivity index (χ0) is 43.3. The molecule has 2 fully saturated rings. The second-order valence-electron chi connectivity index (χ2n) is 14.0. The summed E-state index contributed by atoms with van der Waals surface area (Å²) in [7, 11) is 0. The van der Waals surface area contributed by atoms with Crippen LogP contribution < -0.4 is 0 Å². The van der Waals surface area contributed by atoms with E-state index in [1.807, 2.05) is 13.0 Å². The highest BCUT2D eigenvalue weighted by Crippen LogP contribution is 2.43. The van der Waals surface area contributed by atoms with E-state index in [4.69, 9.17) is 23.7 Å². The molecule has 3 rings (SSSR count). The van der Waals surface area contributed by atoms with Gasteiger partial charge in [0.2, 0.25) is 0 Å². The number of rotatable bonds is 22. The van der Waals surface area contributed by atoms with Gasteiger partial charge in [-0.1, -0.05) is 80.5 Å². The van der Waals surface area contributed by atoms with Gasteiger partial charge in [0.05, 0.1) is 12.2 Å². The van der Waals surface area contributed by atoms with Crippen LogP contribution in [0.25, 0.3) is 0 Å². The topological polar surface area (TPSA) is 262 Å². The smallest absolute Gasteiger partial charge is 0.331 e. The van der Waals surface area contributed by atoms with Crippen LogP contribution in [-0.4, -0.2) is 139 Å². The molecule has 16 nitrogen and oxygen atoms in total. The molecule has 0 aromatic heterocycles. The van der Waals surface area contributed by atoms with Crippen molar-refractivity contribution in [2.24, 2.45) is 0 Å².